The standard InChI is InChI=1S/C9H19NO3/c1-4-12-9(11)5-6-10-13-7-8(2)3/h8,10H,4-7H2,1-3H3. The predicted molar refractivity (Wildman–Crippen MR) is 50.0 cm³/mol. The Balaban J connectivity index is 3.11. The van der Waals surface area contributed by atoms with E-state index in [2.05, 4.69) is 19.3 Å². The molecule has 1 N–H and O–H groups in total. The second-order valence-electron chi connectivity index (χ2n) is 3.15. The van der Waals surface area contributed by atoms with Gasteiger partial charge < -0.3 is 9.57 Å². The van der Waals surface area contributed by atoms with Gasteiger partial charge in [0.15, 0.2) is 0 Å². The minimum Gasteiger partial charge on any atom is -0.466 e. The van der Waals surface area contributed by atoms with Gasteiger partial charge in [0.1, 0.15) is 0 Å². The van der Waals surface area contributed by atoms with E-state index in [1.807, 2.05) is 0 Å². The molecule has 0 aliphatic rings. The van der Waals surface area contributed by atoms with Gasteiger partial charge in [0.05, 0.1) is 19.6 Å². The first-order valence-electron chi connectivity index (χ1n) is 4.67. The summed E-state index contributed by atoms with van der Waals surface area (Å²) in [6, 6.07) is 0. The Bertz CT molecular complexity index is 137. The second kappa shape index (κ2) is 8.01. The molecule has 0 amide bonds. The molecule has 0 aromatic heterocycles. The first-order valence-corrected chi connectivity index (χ1v) is 4.67. The maximum Gasteiger partial charge on any atom is 0.307 e. The van der Waals surface area contributed by atoms with Crippen LogP contribution in [0.3, 0.4) is 0 Å². The number of carbonyl (C=O) groups excluding carboxylic acids is 1. The highest BCUT2D eigenvalue weighted by molar-refractivity contribution is 5.69. The van der Waals surface area contributed by atoms with Gasteiger partial charge in [-0.15, -0.1) is 0 Å². The molecule has 4 nitrogen and oxygen atoms in total. The molecule has 0 aliphatic carbocycles. The number of ether oxygens (including phenoxy) is 1. The molecule has 0 unspecified atom stereocenters. The van der Waals surface area contributed by atoms with E-state index in [-0.39, 0.29) is 5.97 Å². The van der Waals surface area contributed by atoms with Crippen molar-refractivity contribution < 1.29 is 14.4 Å². The summed E-state index contributed by atoms with van der Waals surface area (Å²) in [5.74, 6) is 0.304. The smallest absolute Gasteiger partial charge is 0.307 e. The lowest BCUT2D eigenvalue weighted by Crippen LogP contribution is -2.21. The summed E-state index contributed by atoms with van der Waals surface area (Å²) in [6.07, 6.45) is 0.353. The molecular weight excluding hydrogens is 170 g/mol. The Labute approximate surface area is 79.6 Å². The van der Waals surface area contributed by atoms with Gasteiger partial charge in [0.2, 0.25) is 0 Å². The van der Waals surface area contributed by atoms with Crippen molar-refractivity contribution in [2.24, 2.45) is 5.92 Å². The Morgan fingerprint density at radius 1 is 1.46 bits per heavy atom. The van der Waals surface area contributed by atoms with E-state index in [1.54, 1.807) is 6.92 Å². The Morgan fingerprint density at radius 2 is 2.15 bits per heavy atom. The lowest BCUT2D eigenvalue weighted by atomic mass is 10.2. The van der Waals surface area contributed by atoms with Crippen LogP contribution in [-0.2, 0) is 14.4 Å². The minimum atomic E-state index is -0.192. The van der Waals surface area contributed by atoms with Crippen LogP contribution >= 0.6 is 0 Å². The predicted octanol–water partition coefficient (Wildman–Crippen LogP) is 1.12. The highest BCUT2D eigenvalue weighted by atomic mass is 16.6. The lowest BCUT2D eigenvalue weighted by molar-refractivity contribution is -0.143. The summed E-state index contributed by atoms with van der Waals surface area (Å²) >= 11 is 0. The normalized spacial score (nSPS) is 10.5. The van der Waals surface area contributed by atoms with Gasteiger partial charge in [-0.25, -0.2) is 5.48 Å². The summed E-state index contributed by atoms with van der Waals surface area (Å²) in [7, 11) is 0. The second-order valence-corrected chi connectivity index (χ2v) is 3.15. The van der Waals surface area contributed by atoms with Crippen LogP contribution in [0.1, 0.15) is 27.2 Å². The largest absolute Gasteiger partial charge is 0.466 e. The summed E-state index contributed by atoms with van der Waals surface area (Å²) in [6.45, 7) is 7.51. The zero-order valence-corrected chi connectivity index (χ0v) is 8.63. The molecule has 0 saturated heterocycles. The van der Waals surface area contributed by atoms with Gasteiger partial charge in [-0.1, -0.05) is 13.8 Å². The van der Waals surface area contributed by atoms with Gasteiger partial charge in [-0.3, -0.25) is 4.79 Å². The van der Waals surface area contributed by atoms with Crippen LogP contribution in [0.15, 0.2) is 0 Å². The Kier molecular flexibility index (Phi) is 7.63. The zero-order chi connectivity index (χ0) is 10.1. The van der Waals surface area contributed by atoms with E-state index in [0.717, 1.165) is 0 Å². The molecule has 0 aromatic carbocycles. The van der Waals surface area contributed by atoms with Crippen molar-refractivity contribution in [2.45, 2.75) is 27.2 Å². The quantitative estimate of drug-likeness (QED) is 0.370. The summed E-state index contributed by atoms with van der Waals surface area (Å²) in [5, 5.41) is 0. The highest BCUT2D eigenvalue weighted by Crippen LogP contribution is 1.90. The molecule has 0 aliphatic heterocycles. The van der Waals surface area contributed by atoms with Crippen LogP contribution in [0.2, 0.25) is 0 Å². The molecule has 0 radical (unpaired) electrons. The first-order chi connectivity index (χ1) is 6.16. The maximum atomic E-state index is 10.8. The molecule has 0 heterocycles. The highest BCUT2D eigenvalue weighted by Gasteiger charge is 2.00. The average molecular weight is 189 g/mol. The van der Waals surface area contributed by atoms with Crippen molar-refractivity contribution in [1.82, 2.24) is 5.48 Å². The monoisotopic (exact) mass is 189 g/mol. The van der Waals surface area contributed by atoms with E-state index in [4.69, 9.17) is 9.57 Å². The van der Waals surface area contributed by atoms with Crippen LogP contribution in [0, 0.1) is 5.92 Å². The van der Waals surface area contributed by atoms with E-state index in [1.165, 1.54) is 0 Å². The molecule has 0 fully saturated rings. The van der Waals surface area contributed by atoms with E-state index in [9.17, 15) is 4.79 Å². The van der Waals surface area contributed by atoms with Crippen molar-refractivity contribution in [2.75, 3.05) is 19.8 Å². The molecular formula is C9H19NO3. The lowest BCUT2D eigenvalue weighted by Gasteiger charge is -2.07. The summed E-state index contributed by atoms with van der Waals surface area (Å²) in [5.41, 5.74) is 2.71. The third kappa shape index (κ3) is 9.30. The fraction of sp³-hybridized carbons (Fsp3) is 0.889. The number of rotatable bonds is 7. The van der Waals surface area contributed by atoms with Gasteiger partial charge in [-0.05, 0) is 12.8 Å². The van der Waals surface area contributed by atoms with Gasteiger partial charge in [0.25, 0.3) is 0 Å². The van der Waals surface area contributed by atoms with Crippen LogP contribution in [0.4, 0.5) is 0 Å². The summed E-state index contributed by atoms with van der Waals surface area (Å²) in [4.78, 5) is 15.9. The third-order valence-electron chi connectivity index (χ3n) is 1.26. The number of hydrogen-bond acceptors (Lipinski definition) is 4. The van der Waals surface area contributed by atoms with Crippen LogP contribution < -0.4 is 5.48 Å². The van der Waals surface area contributed by atoms with Crippen LogP contribution in [0.5, 0.6) is 0 Å². The topological polar surface area (TPSA) is 47.6 Å². The molecule has 13 heavy (non-hydrogen) atoms. The number of hydrogen-bond donors (Lipinski definition) is 1. The van der Waals surface area contributed by atoms with Crippen LogP contribution in [0.25, 0.3) is 0 Å². The molecule has 0 bridgehead atoms. The van der Waals surface area contributed by atoms with Gasteiger partial charge in [-0.2, -0.15) is 0 Å². The molecule has 0 atom stereocenters. The van der Waals surface area contributed by atoms with Crippen molar-refractivity contribution in [3.63, 3.8) is 0 Å². The molecule has 0 spiro atoms. The van der Waals surface area contributed by atoms with E-state index >= 15 is 0 Å². The minimum absolute atomic E-state index is 0.192. The molecule has 0 saturated carbocycles. The van der Waals surface area contributed by atoms with E-state index in [0.29, 0.717) is 32.1 Å². The fourth-order valence-electron chi connectivity index (χ4n) is 0.684. The molecule has 78 valence electrons. The summed E-state index contributed by atoms with van der Waals surface area (Å²) < 4.78 is 4.74. The number of carbonyl (C=O) groups is 1. The number of hydroxylamine groups is 1. The number of esters is 1. The van der Waals surface area contributed by atoms with Crippen molar-refractivity contribution in [3.8, 4) is 0 Å². The molecule has 4 heteroatoms. The van der Waals surface area contributed by atoms with Crippen molar-refractivity contribution >= 4 is 5.97 Å². The fourth-order valence-corrected chi connectivity index (χ4v) is 0.684. The van der Waals surface area contributed by atoms with Crippen molar-refractivity contribution in [1.29, 1.82) is 0 Å². The van der Waals surface area contributed by atoms with Crippen molar-refractivity contribution in [3.05, 3.63) is 0 Å². The number of nitrogens with one attached hydrogen (secondary N) is 1. The molecule has 0 rings (SSSR count). The van der Waals surface area contributed by atoms with Crippen LogP contribution in [-0.4, -0.2) is 25.7 Å². The SMILES string of the molecule is CCOC(=O)CCNOCC(C)C. The maximum absolute atomic E-state index is 10.8. The third-order valence-corrected chi connectivity index (χ3v) is 1.26. The first kappa shape index (κ1) is 12.4. The zero-order valence-electron chi connectivity index (χ0n) is 8.63. The van der Waals surface area contributed by atoms with Gasteiger partial charge >= 0.3 is 5.97 Å². The van der Waals surface area contributed by atoms with E-state index < -0.39 is 0 Å². The molecule has 0 aromatic rings. The van der Waals surface area contributed by atoms with Gasteiger partial charge in [0, 0.05) is 6.54 Å². The average Bonchev–Trinajstić information content (AvgIpc) is 2.03. The Hall–Kier alpha value is -0.610. The Morgan fingerprint density at radius 3 is 2.69 bits per heavy atom.